The maximum absolute atomic E-state index is 12.5. The second-order valence-corrected chi connectivity index (χ2v) is 8.38. The molecule has 4 rings (SSSR count). The Kier molecular flexibility index (Phi) is 6.95. The molecule has 1 aliphatic rings. The van der Waals surface area contributed by atoms with Crippen molar-refractivity contribution in [1.29, 1.82) is 0 Å². The molecule has 34 heavy (non-hydrogen) atoms. The van der Waals surface area contributed by atoms with Crippen molar-refractivity contribution < 1.29 is 23.9 Å². The van der Waals surface area contributed by atoms with Gasteiger partial charge in [-0.15, -0.1) is 0 Å². The number of esters is 1. The van der Waals surface area contributed by atoms with Gasteiger partial charge in [0.2, 0.25) is 5.90 Å². The van der Waals surface area contributed by atoms with Crippen LogP contribution >= 0.6 is 27.5 Å². The highest BCUT2D eigenvalue weighted by Crippen LogP contribution is 2.34. The van der Waals surface area contributed by atoms with Crippen LogP contribution in [0.3, 0.4) is 0 Å². The van der Waals surface area contributed by atoms with Gasteiger partial charge >= 0.3 is 5.97 Å². The summed E-state index contributed by atoms with van der Waals surface area (Å²) in [5.41, 5.74) is 1.44. The Balaban J connectivity index is 1.66. The summed E-state index contributed by atoms with van der Waals surface area (Å²) in [6.07, 6.45) is 1.51. The summed E-state index contributed by atoms with van der Waals surface area (Å²) in [6, 6.07) is 17.0. The molecule has 0 bridgehead atoms. The molecule has 0 atom stereocenters. The van der Waals surface area contributed by atoms with Crippen LogP contribution < -0.4 is 9.47 Å². The molecular weight excluding hydrogens is 528 g/mol. The molecule has 0 fully saturated rings. The Hall–Kier alpha value is -3.69. The standard InChI is InChI=1S/C24H16BrClN2O6/c1-32-21-4-2-3-15(22(21)33-13-14-5-8-17(25)9-6-14)11-19-24(29)34-23(27-19)16-7-10-18(26)20(12-16)28(30)31/h2-12H,13H2,1H3/b19-11-. The minimum absolute atomic E-state index is 0.00866. The quantitative estimate of drug-likeness (QED) is 0.158. The smallest absolute Gasteiger partial charge is 0.363 e. The van der Waals surface area contributed by atoms with Gasteiger partial charge in [-0.05, 0) is 42.0 Å². The third-order valence-corrected chi connectivity index (χ3v) is 5.68. The Morgan fingerprint density at radius 1 is 1.18 bits per heavy atom. The lowest BCUT2D eigenvalue weighted by atomic mass is 10.1. The minimum atomic E-state index is -0.700. The van der Waals surface area contributed by atoms with Gasteiger partial charge in [0.25, 0.3) is 5.69 Å². The molecule has 10 heteroatoms. The number of aliphatic imine (C=N–C) groups is 1. The van der Waals surface area contributed by atoms with Crippen LogP contribution in [0.25, 0.3) is 6.08 Å². The number of halogens is 2. The lowest BCUT2D eigenvalue weighted by molar-refractivity contribution is -0.384. The van der Waals surface area contributed by atoms with Crippen molar-refractivity contribution in [2.45, 2.75) is 6.61 Å². The minimum Gasteiger partial charge on any atom is -0.493 e. The first-order valence-electron chi connectivity index (χ1n) is 9.87. The predicted octanol–water partition coefficient (Wildman–Crippen LogP) is 5.94. The van der Waals surface area contributed by atoms with Crippen molar-refractivity contribution in [3.8, 4) is 11.5 Å². The van der Waals surface area contributed by atoms with Crippen LogP contribution in [0.2, 0.25) is 5.02 Å². The zero-order valence-corrected chi connectivity index (χ0v) is 20.0. The van der Waals surface area contributed by atoms with Crippen molar-refractivity contribution in [2.75, 3.05) is 7.11 Å². The Labute approximate surface area is 207 Å². The van der Waals surface area contributed by atoms with E-state index in [9.17, 15) is 14.9 Å². The fraction of sp³-hybridized carbons (Fsp3) is 0.0833. The van der Waals surface area contributed by atoms with Crippen LogP contribution in [0, 0.1) is 10.1 Å². The molecule has 0 spiro atoms. The molecule has 0 amide bonds. The van der Waals surface area contributed by atoms with Gasteiger partial charge in [-0.1, -0.05) is 51.8 Å². The van der Waals surface area contributed by atoms with Crippen LogP contribution in [0.15, 0.2) is 75.8 Å². The van der Waals surface area contributed by atoms with Crippen LogP contribution in [-0.2, 0) is 16.1 Å². The van der Waals surface area contributed by atoms with Gasteiger partial charge in [0.15, 0.2) is 17.2 Å². The number of rotatable bonds is 7. The van der Waals surface area contributed by atoms with Crippen molar-refractivity contribution in [3.63, 3.8) is 0 Å². The highest BCUT2D eigenvalue weighted by molar-refractivity contribution is 9.10. The summed E-state index contributed by atoms with van der Waals surface area (Å²) < 4.78 is 17.7. The first-order valence-corrected chi connectivity index (χ1v) is 11.0. The van der Waals surface area contributed by atoms with Crippen LogP contribution in [0.4, 0.5) is 5.69 Å². The molecule has 0 aromatic heterocycles. The molecule has 0 aliphatic carbocycles. The molecule has 0 saturated heterocycles. The highest BCUT2D eigenvalue weighted by Gasteiger charge is 2.27. The summed E-state index contributed by atoms with van der Waals surface area (Å²) in [7, 11) is 1.52. The second-order valence-electron chi connectivity index (χ2n) is 7.05. The molecule has 3 aromatic rings. The number of methoxy groups -OCH3 is 1. The number of hydrogen-bond acceptors (Lipinski definition) is 7. The molecular formula is C24H16BrClN2O6. The number of para-hydroxylation sites is 1. The maximum Gasteiger partial charge on any atom is 0.363 e. The number of ether oxygens (including phenoxy) is 3. The van der Waals surface area contributed by atoms with Gasteiger partial charge in [0.05, 0.1) is 12.0 Å². The van der Waals surface area contributed by atoms with Gasteiger partial charge in [-0.2, -0.15) is 0 Å². The number of cyclic esters (lactones) is 1. The third-order valence-electron chi connectivity index (χ3n) is 4.83. The van der Waals surface area contributed by atoms with E-state index in [4.69, 9.17) is 25.8 Å². The zero-order valence-electron chi connectivity index (χ0n) is 17.7. The van der Waals surface area contributed by atoms with E-state index in [-0.39, 0.29) is 34.5 Å². The fourth-order valence-corrected chi connectivity index (χ4v) is 3.61. The Morgan fingerprint density at radius 3 is 2.65 bits per heavy atom. The number of nitro groups is 1. The molecule has 0 unspecified atom stereocenters. The van der Waals surface area contributed by atoms with Crippen LogP contribution in [0.5, 0.6) is 11.5 Å². The van der Waals surface area contributed by atoms with Gasteiger partial charge in [-0.25, -0.2) is 9.79 Å². The fourth-order valence-electron chi connectivity index (χ4n) is 3.16. The Bertz CT molecular complexity index is 1340. The van der Waals surface area contributed by atoms with Gasteiger partial charge < -0.3 is 14.2 Å². The zero-order chi connectivity index (χ0) is 24.2. The van der Waals surface area contributed by atoms with E-state index in [2.05, 4.69) is 20.9 Å². The van der Waals surface area contributed by atoms with Gasteiger partial charge in [0.1, 0.15) is 11.6 Å². The summed E-state index contributed by atoms with van der Waals surface area (Å²) in [5, 5.41) is 11.1. The predicted molar refractivity (Wildman–Crippen MR) is 130 cm³/mol. The summed E-state index contributed by atoms with van der Waals surface area (Å²) >= 11 is 9.26. The number of nitro benzene ring substituents is 1. The molecule has 0 saturated carbocycles. The highest BCUT2D eigenvalue weighted by atomic mass is 79.9. The molecule has 1 heterocycles. The number of carbonyl (C=O) groups is 1. The number of benzene rings is 3. The van der Waals surface area contributed by atoms with E-state index in [1.54, 1.807) is 18.2 Å². The first kappa shape index (κ1) is 23.5. The lowest BCUT2D eigenvalue weighted by Crippen LogP contribution is -2.06. The summed E-state index contributed by atoms with van der Waals surface area (Å²) in [5.74, 6) is 0.153. The van der Waals surface area contributed by atoms with E-state index >= 15 is 0 Å². The number of nitrogens with zero attached hydrogens (tertiary/aromatic N) is 2. The van der Waals surface area contributed by atoms with E-state index < -0.39 is 10.9 Å². The van der Waals surface area contributed by atoms with Crippen molar-refractivity contribution in [2.24, 2.45) is 4.99 Å². The molecule has 3 aromatic carbocycles. The monoisotopic (exact) mass is 542 g/mol. The van der Waals surface area contributed by atoms with E-state index in [0.717, 1.165) is 10.0 Å². The van der Waals surface area contributed by atoms with Crippen molar-refractivity contribution in [3.05, 3.63) is 103 Å². The van der Waals surface area contributed by atoms with Gasteiger partial charge in [0, 0.05) is 21.7 Å². The van der Waals surface area contributed by atoms with Gasteiger partial charge in [-0.3, -0.25) is 10.1 Å². The van der Waals surface area contributed by atoms with Crippen LogP contribution in [0.1, 0.15) is 16.7 Å². The SMILES string of the molecule is COc1cccc(/C=C2\N=C(c3ccc(Cl)c([N+](=O)[O-])c3)OC2=O)c1OCc1ccc(Br)cc1. The average molecular weight is 544 g/mol. The molecule has 0 radical (unpaired) electrons. The van der Waals surface area contributed by atoms with Crippen molar-refractivity contribution in [1.82, 2.24) is 0 Å². The summed E-state index contributed by atoms with van der Waals surface area (Å²) in [6.45, 7) is 0.275. The first-order chi connectivity index (χ1) is 16.4. The molecule has 172 valence electrons. The lowest BCUT2D eigenvalue weighted by Gasteiger charge is -2.13. The Morgan fingerprint density at radius 2 is 1.94 bits per heavy atom. The molecule has 8 nitrogen and oxygen atoms in total. The number of hydrogen-bond donors (Lipinski definition) is 0. The van der Waals surface area contributed by atoms with Crippen molar-refractivity contribution >= 4 is 51.2 Å². The van der Waals surface area contributed by atoms with E-state index in [1.807, 2.05) is 24.3 Å². The normalized spacial score (nSPS) is 14.0. The average Bonchev–Trinajstić information content (AvgIpc) is 3.19. The maximum atomic E-state index is 12.5. The third kappa shape index (κ3) is 5.11. The molecule has 0 N–H and O–H groups in total. The van der Waals surface area contributed by atoms with E-state index in [1.165, 1.54) is 31.4 Å². The largest absolute Gasteiger partial charge is 0.493 e. The van der Waals surface area contributed by atoms with Crippen LogP contribution in [-0.4, -0.2) is 23.9 Å². The second kappa shape index (κ2) is 10.1. The molecule has 1 aliphatic heterocycles. The summed E-state index contributed by atoms with van der Waals surface area (Å²) in [4.78, 5) is 27.3. The van der Waals surface area contributed by atoms with E-state index in [0.29, 0.717) is 17.1 Å². The topological polar surface area (TPSA) is 100 Å². The number of carbonyl (C=O) groups excluding carboxylic acids is 1.